The number of carbonyl (C=O) groups excluding carboxylic acids is 3. The Labute approximate surface area is 246 Å². The van der Waals surface area contributed by atoms with Crippen LogP contribution in [-0.4, -0.2) is 78.0 Å². The normalized spacial score (nSPS) is 14.3. The van der Waals surface area contributed by atoms with Crippen LogP contribution in [0.3, 0.4) is 0 Å². The van der Waals surface area contributed by atoms with Gasteiger partial charge in [0.15, 0.2) is 11.9 Å². The summed E-state index contributed by atoms with van der Waals surface area (Å²) in [5, 5.41) is 17.5. The number of carbonyl (C=O) groups is 4. The van der Waals surface area contributed by atoms with Gasteiger partial charge < -0.3 is 49.7 Å². The van der Waals surface area contributed by atoms with Crippen LogP contribution in [0.5, 0.6) is 0 Å². The van der Waals surface area contributed by atoms with Crippen molar-refractivity contribution in [3.63, 3.8) is 0 Å². The largest absolute Gasteiger partial charge is 0.480 e. The molecule has 1 rings (SSSR count). The van der Waals surface area contributed by atoms with E-state index in [1.807, 2.05) is 37.3 Å². The van der Waals surface area contributed by atoms with Gasteiger partial charge in [0, 0.05) is 13.1 Å². The molecule has 5 atom stereocenters. The van der Waals surface area contributed by atoms with Gasteiger partial charge in [0.2, 0.25) is 17.7 Å². The number of guanidine groups is 2. The second-order valence-electron chi connectivity index (χ2n) is 10.0. The minimum atomic E-state index is -1.24. The molecule has 0 saturated heterocycles. The summed E-state index contributed by atoms with van der Waals surface area (Å²) in [6.07, 6.45) is 1.65. The Morgan fingerprint density at radius 1 is 0.810 bits per heavy atom. The number of hydrogen-bond donors (Lipinski definition) is 9. The molecule has 0 aromatic heterocycles. The fourth-order valence-corrected chi connectivity index (χ4v) is 3.99. The molecule has 15 heteroatoms. The molecule has 0 aliphatic heterocycles. The highest BCUT2D eigenvalue weighted by Gasteiger charge is 2.32. The number of aliphatic imine (C=N–C) groups is 2. The van der Waals surface area contributed by atoms with Crippen LogP contribution in [0.15, 0.2) is 40.3 Å². The Kier molecular flexibility index (Phi) is 16.0. The van der Waals surface area contributed by atoms with Crippen molar-refractivity contribution in [3.05, 3.63) is 35.9 Å². The first-order chi connectivity index (χ1) is 19.8. The Hall–Kier alpha value is -4.40. The van der Waals surface area contributed by atoms with Crippen LogP contribution < -0.4 is 44.6 Å². The summed E-state index contributed by atoms with van der Waals surface area (Å²) in [5.74, 6) is -3.66. The lowest BCUT2D eigenvalue weighted by molar-refractivity contribution is -0.143. The number of rotatable bonds is 19. The van der Waals surface area contributed by atoms with Crippen LogP contribution in [0.4, 0.5) is 0 Å². The number of nitrogens with two attached hydrogens (primary N) is 5. The molecule has 0 spiro atoms. The van der Waals surface area contributed by atoms with E-state index in [-0.39, 0.29) is 50.2 Å². The van der Waals surface area contributed by atoms with E-state index in [9.17, 15) is 24.3 Å². The molecule has 1 aromatic rings. The minimum absolute atomic E-state index is 0.0712. The average molecular weight is 591 g/mol. The first-order valence-electron chi connectivity index (χ1n) is 13.9. The van der Waals surface area contributed by atoms with E-state index in [4.69, 9.17) is 28.7 Å². The molecule has 14 N–H and O–H groups in total. The summed E-state index contributed by atoms with van der Waals surface area (Å²) < 4.78 is 0. The zero-order valence-corrected chi connectivity index (χ0v) is 24.3. The van der Waals surface area contributed by atoms with Crippen molar-refractivity contribution >= 4 is 35.6 Å². The van der Waals surface area contributed by atoms with Gasteiger partial charge in [-0.3, -0.25) is 24.4 Å². The molecule has 0 fully saturated rings. The Morgan fingerprint density at radius 2 is 1.33 bits per heavy atom. The number of benzene rings is 1. The molecule has 5 unspecified atom stereocenters. The van der Waals surface area contributed by atoms with E-state index in [1.165, 1.54) is 0 Å². The number of nitrogens with zero attached hydrogens (tertiary/aromatic N) is 2. The van der Waals surface area contributed by atoms with Gasteiger partial charge in [-0.2, -0.15) is 0 Å². The maximum absolute atomic E-state index is 13.4. The van der Waals surface area contributed by atoms with Crippen LogP contribution >= 0.6 is 0 Å². The highest BCUT2D eigenvalue weighted by Crippen LogP contribution is 2.11. The summed E-state index contributed by atoms with van der Waals surface area (Å²) in [6.45, 7) is 3.99. The zero-order valence-electron chi connectivity index (χ0n) is 24.3. The summed E-state index contributed by atoms with van der Waals surface area (Å²) >= 11 is 0. The second-order valence-corrected chi connectivity index (χ2v) is 10.0. The van der Waals surface area contributed by atoms with Crippen molar-refractivity contribution in [2.75, 3.05) is 13.1 Å². The molecule has 0 saturated carbocycles. The Morgan fingerprint density at radius 3 is 1.83 bits per heavy atom. The van der Waals surface area contributed by atoms with Crippen molar-refractivity contribution in [1.82, 2.24) is 16.0 Å². The third-order valence-corrected chi connectivity index (χ3v) is 6.57. The highest BCUT2D eigenvalue weighted by atomic mass is 16.4. The zero-order chi connectivity index (χ0) is 31.7. The predicted molar refractivity (Wildman–Crippen MR) is 161 cm³/mol. The van der Waals surface area contributed by atoms with Crippen LogP contribution in [0.25, 0.3) is 0 Å². The topological polar surface area (TPSA) is 279 Å². The lowest BCUT2D eigenvalue weighted by Gasteiger charge is -2.28. The number of amides is 3. The number of hydrogen-bond acceptors (Lipinski definition) is 7. The van der Waals surface area contributed by atoms with E-state index in [2.05, 4.69) is 25.9 Å². The molecule has 3 amide bonds. The van der Waals surface area contributed by atoms with Crippen molar-refractivity contribution in [1.29, 1.82) is 0 Å². The van der Waals surface area contributed by atoms with Gasteiger partial charge in [-0.15, -0.1) is 0 Å². The Bertz CT molecular complexity index is 1070. The summed E-state index contributed by atoms with van der Waals surface area (Å²) in [4.78, 5) is 59.1. The van der Waals surface area contributed by atoms with Gasteiger partial charge >= 0.3 is 5.97 Å². The third-order valence-electron chi connectivity index (χ3n) is 6.57. The summed E-state index contributed by atoms with van der Waals surface area (Å²) in [5.41, 5.74) is 28.3. The molecule has 0 bridgehead atoms. The number of carboxylic acid groups (broad SMARTS) is 1. The van der Waals surface area contributed by atoms with Crippen molar-refractivity contribution in [2.24, 2.45) is 44.6 Å². The van der Waals surface area contributed by atoms with Crippen molar-refractivity contribution in [2.45, 2.75) is 76.5 Å². The van der Waals surface area contributed by atoms with Crippen molar-refractivity contribution in [3.8, 4) is 0 Å². The molecule has 0 aliphatic rings. The molecule has 42 heavy (non-hydrogen) atoms. The lowest BCUT2D eigenvalue weighted by atomic mass is 9.96. The molecular formula is C27H46N10O5. The average Bonchev–Trinajstić information content (AvgIpc) is 2.94. The first kappa shape index (κ1) is 35.6. The van der Waals surface area contributed by atoms with Gasteiger partial charge in [-0.05, 0) is 43.6 Å². The van der Waals surface area contributed by atoms with Gasteiger partial charge in [0.05, 0.1) is 6.04 Å². The van der Waals surface area contributed by atoms with Gasteiger partial charge in [-0.25, -0.2) is 4.79 Å². The number of aliphatic carboxylic acids is 1. The lowest BCUT2D eigenvalue weighted by Crippen LogP contribution is -2.58. The fourth-order valence-electron chi connectivity index (χ4n) is 3.99. The van der Waals surface area contributed by atoms with Crippen LogP contribution in [0, 0.1) is 5.92 Å². The summed E-state index contributed by atoms with van der Waals surface area (Å²) in [7, 11) is 0. The van der Waals surface area contributed by atoms with Crippen LogP contribution in [0.2, 0.25) is 0 Å². The third kappa shape index (κ3) is 13.8. The SMILES string of the molecule is CCC(C)C(NC(=O)C(CCCN=C(N)N)NC(=O)C(N)Cc1ccccc1)C(=O)NC(CCCN=C(N)N)C(=O)O. The smallest absolute Gasteiger partial charge is 0.326 e. The molecule has 1 aromatic carbocycles. The van der Waals surface area contributed by atoms with Crippen molar-refractivity contribution < 1.29 is 24.3 Å². The molecule has 0 aliphatic carbocycles. The quantitative estimate of drug-likeness (QED) is 0.0497. The molecule has 0 heterocycles. The molecule has 15 nitrogen and oxygen atoms in total. The number of nitrogens with one attached hydrogen (secondary N) is 3. The maximum atomic E-state index is 13.4. The second kappa shape index (κ2) is 18.9. The number of carboxylic acids is 1. The molecule has 0 radical (unpaired) electrons. The van der Waals surface area contributed by atoms with E-state index >= 15 is 0 Å². The Balaban J connectivity index is 3.03. The monoisotopic (exact) mass is 590 g/mol. The molecular weight excluding hydrogens is 544 g/mol. The highest BCUT2D eigenvalue weighted by molar-refractivity contribution is 5.94. The minimum Gasteiger partial charge on any atom is -0.480 e. The van der Waals surface area contributed by atoms with Gasteiger partial charge in [-0.1, -0.05) is 50.6 Å². The fraction of sp³-hybridized carbons (Fsp3) is 0.556. The molecule has 234 valence electrons. The van der Waals surface area contributed by atoms with Gasteiger partial charge in [0.25, 0.3) is 0 Å². The van der Waals surface area contributed by atoms with E-state index < -0.39 is 47.9 Å². The van der Waals surface area contributed by atoms with Crippen LogP contribution in [-0.2, 0) is 25.6 Å². The van der Waals surface area contributed by atoms with Gasteiger partial charge in [0.1, 0.15) is 18.1 Å². The maximum Gasteiger partial charge on any atom is 0.326 e. The van der Waals surface area contributed by atoms with Crippen LogP contribution in [0.1, 0.15) is 51.5 Å². The van der Waals surface area contributed by atoms with E-state index in [0.29, 0.717) is 19.3 Å². The predicted octanol–water partition coefficient (Wildman–Crippen LogP) is -1.75. The standard InChI is InChI=1S/C27H46N10O5/c1-3-16(2)21(24(40)36-20(25(41)42)12-8-14-34-27(31)32)37-23(39)19(11-7-13-33-26(29)30)35-22(38)18(28)15-17-9-5-4-6-10-17/h4-6,9-10,16,18-21H,3,7-8,11-15,28H2,1-2H3,(H,35,38)(H,36,40)(H,37,39)(H,41,42)(H4,29,30,33)(H4,31,32,34). The first-order valence-corrected chi connectivity index (χ1v) is 13.9. The van der Waals surface area contributed by atoms with E-state index in [1.54, 1.807) is 6.92 Å². The summed E-state index contributed by atoms with van der Waals surface area (Å²) in [6, 6.07) is 4.92. The van der Waals surface area contributed by atoms with E-state index in [0.717, 1.165) is 5.56 Å².